The van der Waals surface area contributed by atoms with Crippen LogP contribution in [0.3, 0.4) is 0 Å². The minimum atomic E-state index is 0.0388. The number of pyridine rings is 1. The lowest BCUT2D eigenvalue weighted by atomic mass is 10.1. The number of hydrogen-bond acceptors (Lipinski definition) is 3. The van der Waals surface area contributed by atoms with Crippen molar-refractivity contribution in [3.8, 4) is 0 Å². The molecule has 1 aliphatic heterocycles. The van der Waals surface area contributed by atoms with E-state index in [4.69, 9.17) is 0 Å². The Morgan fingerprint density at radius 3 is 2.95 bits per heavy atom. The number of likely N-dealkylation sites (N-methyl/N-ethyl adjacent to an activating group) is 1. The number of carbonyl (C=O) groups excluding carboxylic acids is 1. The van der Waals surface area contributed by atoms with E-state index in [1.807, 2.05) is 48.2 Å². The van der Waals surface area contributed by atoms with Gasteiger partial charge in [-0.25, -0.2) is 4.98 Å². The third-order valence-corrected chi connectivity index (χ3v) is 4.13. The van der Waals surface area contributed by atoms with Crippen molar-refractivity contribution in [2.75, 3.05) is 19.6 Å². The summed E-state index contributed by atoms with van der Waals surface area (Å²) in [6.07, 6.45) is 2.19. The van der Waals surface area contributed by atoms with Crippen molar-refractivity contribution < 1.29 is 4.79 Å². The zero-order valence-electron chi connectivity index (χ0n) is 12.4. The highest BCUT2D eigenvalue weighted by atomic mass is 16.2. The van der Waals surface area contributed by atoms with Gasteiger partial charge >= 0.3 is 0 Å². The van der Waals surface area contributed by atoms with Gasteiger partial charge in [-0.15, -0.1) is 0 Å². The number of rotatable bonds is 3. The van der Waals surface area contributed by atoms with Gasteiger partial charge in [0, 0.05) is 24.5 Å². The predicted octanol–water partition coefficient (Wildman–Crippen LogP) is 2.45. The van der Waals surface area contributed by atoms with Crippen LogP contribution in [-0.4, -0.2) is 41.5 Å². The molecule has 0 saturated carbocycles. The van der Waals surface area contributed by atoms with Gasteiger partial charge in [0.15, 0.2) is 0 Å². The molecule has 1 saturated heterocycles. The van der Waals surface area contributed by atoms with E-state index in [9.17, 15) is 4.79 Å². The SMILES string of the molecule is CCN(C(=O)c1ccc2ccccc2n1)C1CCCNC1. The maximum Gasteiger partial charge on any atom is 0.272 e. The number of benzene rings is 1. The van der Waals surface area contributed by atoms with Gasteiger partial charge in [-0.05, 0) is 38.4 Å². The fourth-order valence-corrected chi connectivity index (χ4v) is 3.00. The molecule has 1 N–H and O–H groups in total. The molecule has 0 bridgehead atoms. The number of fused-ring (bicyclic) bond motifs is 1. The molecule has 2 heterocycles. The minimum Gasteiger partial charge on any atom is -0.333 e. The molecule has 0 spiro atoms. The molecular formula is C17H21N3O. The number of nitrogens with one attached hydrogen (secondary N) is 1. The fraction of sp³-hybridized carbons (Fsp3) is 0.412. The quantitative estimate of drug-likeness (QED) is 0.941. The van der Waals surface area contributed by atoms with Crippen LogP contribution >= 0.6 is 0 Å². The first-order valence-corrected chi connectivity index (χ1v) is 7.67. The molecule has 4 nitrogen and oxygen atoms in total. The Morgan fingerprint density at radius 1 is 1.33 bits per heavy atom. The molecule has 3 rings (SSSR count). The van der Waals surface area contributed by atoms with Crippen LogP contribution in [-0.2, 0) is 0 Å². The molecule has 110 valence electrons. The molecule has 4 heteroatoms. The molecule has 1 amide bonds. The number of para-hydroxylation sites is 1. The molecule has 1 unspecified atom stereocenters. The van der Waals surface area contributed by atoms with Crippen molar-refractivity contribution in [1.29, 1.82) is 0 Å². The first-order chi connectivity index (χ1) is 10.3. The monoisotopic (exact) mass is 283 g/mol. The summed E-state index contributed by atoms with van der Waals surface area (Å²) in [5, 5.41) is 4.44. The molecular weight excluding hydrogens is 262 g/mol. The molecule has 0 aliphatic carbocycles. The number of aromatic nitrogens is 1. The molecule has 2 aromatic rings. The molecule has 1 aromatic heterocycles. The highest BCUT2D eigenvalue weighted by Crippen LogP contribution is 2.16. The van der Waals surface area contributed by atoms with Crippen LogP contribution < -0.4 is 5.32 Å². The van der Waals surface area contributed by atoms with Crippen LogP contribution in [0, 0.1) is 0 Å². The van der Waals surface area contributed by atoms with E-state index in [0.29, 0.717) is 5.69 Å². The van der Waals surface area contributed by atoms with Crippen LogP contribution in [0.4, 0.5) is 0 Å². The summed E-state index contributed by atoms with van der Waals surface area (Å²) in [6, 6.07) is 12.0. The second-order valence-corrected chi connectivity index (χ2v) is 5.48. The third-order valence-electron chi connectivity index (χ3n) is 4.13. The maximum absolute atomic E-state index is 12.8. The number of amides is 1. The van der Waals surface area contributed by atoms with Crippen LogP contribution in [0.25, 0.3) is 10.9 Å². The van der Waals surface area contributed by atoms with Crippen molar-refractivity contribution in [2.45, 2.75) is 25.8 Å². The lowest BCUT2D eigenvalue weighted by molar-refractivity contribution is 0.0656. The largest absolute Gasteiger partial charge is 0.333 e. The number of nitrogens with zero attached hydrogens (tertiary/aromatic N) is 2. The molecule has 1 fully saturated rings. The second-order valence-electron chi connectivity index (χ2n) is 5.48. The van der Waals surface area contributed by atoms with Crippen molar-refractivity contribution in [2.24, 2.45) is 0 Å². The van der Waals surface area contributed by atoms with E-state index in [2.05, 4.69) is 10.3 Å². The molecule has 21 heavy (non-hydrogen) atoms. The van der Waals surface area contributed by atoms with Crippen molar-refractivity contribution in [1.82, 2.24) is 15.2 Å². The topological polar surface area (TPSA) is 45.2 Å². The standard InChI is InChI=1S/C17H21N3O/c1-2-20(14-7-5-11-18-12-14)17(21)16-10-9-13-6-3-4-8-15(13)19-16/h3-4,6,8-10,14,18H,2,5,7,11-12H2,1H3. The van der Waals surface area contributed by atoms with Gasteiger partial charge < -0.3 is 10.2 Å². The van der Waals surface area contributed by atoms with Crippen molar-refractivity contribution in [3.63, 3.8) is 0 Å². The summed E-state index contributed by atoms with van der Waals surface area (Å²) in [5.41, 5.74) is 1.42. The summed E-state index contributed by atoms with van der Waals surface area (Å²) in [5.74, 6) is 0.0388. The highest BCUT2D eigenvalue weighted by Gasteiger charge is 2.25. The van der Waals surface area contributed by atoms with Gasteiger partial charge in [-0.3, -0.25) is 4.79 Å². The van der Waals surface area contributed by atoms with E-state index in [0.717, 1.165) is 43.4 Å². The van der Waals surface area contributed by atoms with Gasteiger partial charge in [0.1, 0.15) is 5.69 Å². The summed E-state index contributed by atoms with van der Waals surface area (Å²) in [4.78, 5) is 19.2. The first-order valence-electron chi connectivity index (χ1n) is 7.67. The Bertz CT molecular complexity index is 635. The average Bonchev–Trinajstić information content (AvgIpc) is 2.56. The molecule has 1 aliphatic rings. The van der Waals surface area contributed by atoms with Crippen LogP contribution in [0.15, 0.2) is 36.4 Å². The lowest BCUT2D eigenvalue weighted by Gasteiger charge is -2.33. The zero-order valence-corrected chi connectivity index (χ0v) is 12.4. The zero-order chi connectivity index (χ0) is 14.7. The van der Waals surface area contributed by atoms with Crippen molar-refractivity contribution in [3.05, 3.63) is 42.1 Å². The van der Waals surface area contributed by atoms with E-state index in [1.54, 1.807) is 0 Å². The molecule has 0 radical (unpaired) electrons. The lowest BCUT2D eigenvalue weighted by Crippen LogP contribution is -2.48. The Hall–Kier alpha value is -1.94. The minimum absolute atomic E-state index is 0.0388. The molecule has 1 atom stereocenters. The van der Waals surface area contributed by atoms with E-state index < -0.39 is 0 Å². The van der Waals surface area contributed by atoms with Gasteiger partial charge in [0.05, 0.1) is 5.52 Å². The number of carbonyl (C=O) groups is 1. The normalized spacial score (nSPS) is 18.6. The second kappa shape index (κ2) is 6.22. The predicted molar refractivity (Wildman–Crippen MR) is 84.3 cm³/mol. The summed E-state index contributed by atoms with van der Waals surface area (Å²) in [7, 11) is 0. The summed E-state index contributed by atoms with van der Waals surface area (Å²) in [6.45, 7) is 4.69. The van der Waals surface area contributed by atoms with Gasteiger partial charge in [-0.2, -0.15) is 0 Å². The fourth-order valence-electron chi connectivity index (χ4n) is 3.00. The maximum atomic E-state index is 12.8. The smallest absolute Gasteiger partial charge is 0.272 e. The Balaban J connectivity index is 1.86. The Morgan fingerprint density at radius 2 is 2.19 bits per heavy atom. The van der Waals surface area contributed by atoms with Crippen LogP contribution in [0.1, 0.15) is 30.3 Å². The first kappa shape index (κ1) is 14.0. The van der Waals surface area contributed by atoms with Crippen LogP contribution in [0.2, 0.25) is 0 Å². The highest BCUT2D eigenvalue weighted by molar-refractivity contribution is 5.95. The molecule has 1 aromatic carbocycles. The van der Waals surface area contributed by atoms with Crippen molar-refractivity contribution >= 4 is 16.8 Å². The van der Waals surface area contributed by atoms with Gasteiger partial charge in [0.25, 0.3) is 5.91 Å². The van der Waals surface area contributed by atoms with Gasteiger partial charge in [0.2, 0.25) is 0 Å². The number of hydrogen-bond donors (Lipinski definition) is 1. The van der Waals surface area contributed by atoms with Crippen LogP contribution in [0.5, 0.6) is 0 Å². The van der Waals surface area contributed by atoms with E-state index in [1.165, 1.54) is 0 Å². The summed E-state index contributed by atoms with van der Waals surface area (Å²) >= 11 is 0. The van der Waals surface area contributed by atoms with Gasteiger partial charge in [-0.1, -0.05) is 24.3 Å². The Labute approximate surface area is 125 Å². The average molecular weight is 283 g/mol. The summed E-state index contributed by atoms with van der Waals surface area (Å²) < 4.78 is 0. The van der Waals surface area contributed by atoms with E-state index >= 15 is 0 Å². The number of piperidine rings is 1. The third kappa shape index (κ3) is 2.90. The Kier molecular flexibility index (Phi) is 4.15. The van der Waals surface area contributed by atoms with E-state index in [-0.39, 0.29) is 11.9 Å².